The number of halogens is 3. The van der Waals surface area contributed by atoms with E-state index in [4.69, 9.17) is 5.73 Å². The van der Waals surface area contributed by atoms with Crippen molar-refractivity contribution in [1.82, 2.24) is 14.9 Å². The van der Waals surface area contributed by atoms with Crippen molar-refractivity contribution < 1.29 is 22.8 Å². The lowest BCUT2D eigenvalue weighted by Crippen LogP contribution is -2.44. The predicted octanol–water partition coefficient (Wildman–Crippen LogP) is 4.05. The molecule has 1 heterocycles. The van der Waals surface area contributed by atoms with Gasteiger partial charge in [0, 0.05) is 36.0 Å². The number of nitrogens with two attached hydrogens (primary N) is 1. The molecule has 2 aliphatic rings. The van der Waals surface area contributed by atoms with Gasteiger partial charge in [0.05, 0.1) is 17.9 Å². The Bertz CT molecular complexity index is 1160. The number of alkyl halides is 3. The zero-order valence-electron chi connectivity index (χ0n) is 19.1. The number of ketones is 1. The van der Waals surface area contributed by atoms with Gasteiger partial charge in [0.15, 0.2) is 11.6 Å². The predicted molar refractivity (Wildman–Crippen MR) is 124 cm³/mol. The number of carbonyl (C=O) groups is 2. The number of amides is 1. The first-order chi connectivity index (χ1) is 16.7. The van der Waals surface area contributed by atoms with Crippen LogP contribution in [-0.4, -0.2) is 51.3 Å². The molecule has 1 unspecified atom stereocenters. The molecule has 2 fully saturated rings. The zero-order valence-corrected chi connectivity index (χ0v) is 19.1. The molecule has 0 aliphatic heterocycles. The standard InChI is InChI=1S/C24H25F3N6O2/c1-14(21(31-13-28)32-23-29-7-2-8-30-23)33(12-15-3-4-15)22(35)18-9-17(20(34)16-5-6-16)10-19(11-18)24(25,26)27/h2,7-11,13-16H,3-6,12H2,1H3,(H2,28,29,30,31,32). The summed E-state index contributed by atoms with van der Waals surface area (Å²) >= 11 is 0. The third kappa shape index (κ3) is 6.09. The second kappa shape index (κ2) is 9.93. The van der Waals surface area contributed by atoms with Gasteiger partial charge in [0.25, 0.3) is 11.9 Å². The molecule has 1 aromatic heterocycles. The van der Waals surface area contributed by atoms with Gasteiger partial charge in [0.2, 0.25) is 0 Å². The molecule has 2 aliphatic carbocycles. The summed E-state index contributed by atoms with van der Waals surface area (Å²) in [6.45, 7) is 1.97. The quantitative estimate of drug-likeness (QED) is 0.344. The van der Waals surface area contributed by atoms with E-state index in [1.807, 2.05) is 0 Å². The number of hydrogen-bond acceptors (Lipinski definition) is 5. The summed E-state index contributed by atoms with van der Waals surface area (Å²) in [7, 11) is 0. The Hall–Kier alpha value is -3.63. The minimum atomic E-state index is -4.71. The Balaban J connectivity index is 1.72. The van der Waals surface area contributed by atoms with Crippen molar-refractivity contribution in [3.05, 3.63) is 53.3 Å². The number of amidine groups is 1. The normalized spacial score (nSPS) is 17.4. The van der Waals surface area contributed by atoms with E-state index in [1.165, 1.54) is 23.4 Å². The number of Topliss-reactive ketones (excluding diaryl/α,β-unsaturated/α-hetero) is 1. The topological polar surface area (TPSA) is 114 Å². The highest BCUT2D eigenvalue weighted by atomic mass is 19.4. The van der Waals surface area contributed by atoms with E-state index in [0.717, 1.165) is 31.3 Å². The SMILES string of the molecule is CC(C(N=CN)=Nc1ncccn1)N(CC1CC1)C(=O)c1cc(C(=O)C2CC2)cc(C(F)(F)F)c1. The Kier molecular flexibility index (Phi) is 6.95. The van der Waals surface area contributed by atoms with E-state index < -0.39 is 23.7 Å². The van der Waals surface area contributed by atoms with Crippen LogP contribution in [0.15, 0.2) is 46.6 Å². The van der Waals surface area contributed by atoms with Crippen molar-refractivity contribution in [2.24, 2.45) is 27.6 Å². The number of benzene rings is 1. The number of hydrogen-bond donors (Lipinski definition) is 1. The van der Waals surface area contributed by atoms with Crippen molar-refractivity contribution in [2.75, 3.05) is 6.54 Å². The van der Waals surface area contributed by atoms with E-state index in [9.17, 15) is 22.8 Å². The van der Waals surface area contributed by atoms with Crippen LogP contribution >= 0.6 is 0 Å². The first kappa shape index (κ1) is 24.5. The molecule has 2 saturated carbocycles. The highest BCUT2D eigenvalue weighted by molar-refractivity contribution is 6.04. The van der Waals surface area contributed by atoms with Crippen LogP contribution < -0.4 is 5.73 Å². The maximum atomic E-state index is 13.6. The van der Waals surface area contributed by atoms with Gasteiger partial charge in [-0.05, 0) is 62.8 Å². The summed E-state index contributed by atoms with van der Waals surface area (Å²) in [5, 5.41) is 0. The number of rotatable bonds is 8. The summed E-state index contributed by atoms with van der Waals surface area (Å²) in [4.78, 5) is 44.1. The van der Waals surface area contributed by atoms with E-state index in [2.05, 4.69) is 20.0 Å². The molecule has 1 atom stereocenters. The molecule has 0 bridgehead atoms. The molecule has 8 nitrogen and oxygen atoms in total. The van der Waals surface area contributed by atoms with Crippen molar-refractivity contribution >= 4 is 29.8 Å². The molecule has 4 rings (SSSR count). The number of nitrogens with zero attached hydrogens (tertiary/aromatic N) is 5. The maximum Gasteiger partial charge on any atom is 0.416 e. The molecule has 0 saturated heterocycles. The van der Waals surface area contributed by atoms with Crippen LogP contribution in [0.25, 0.3) is 0 Å². The molecule has 184 valence electrons. The molecular weight excluding hydrogens is 461 g/mol. The van der Waals surface area contributed by atoms with Crippen molar-refractivity contribution in [3.8, 4) is 0 Å². The Morgan fingerprint density at radius 2 is 1.80 bits per heavy atom. The highest BCUT2D eigenvalue weighted by Gasteiger charge is 2.37. The van der Waals surface area contributed by atoms with Gasteiger partial charge in [-0.15, -0.1) is 0 Å². The lowest BCUT2D eigenvalue weighted by molar-refractivity contribution is -0.137. The van der Waals surface area contributed by atoms with Gasteiger partial charge in [-0.2, -0.15) is 18.2 Å². The molecule has 1 aromatic carbocycles. The van der Waals surface area contributed by atoms with Crippen LogP contribution in [0.5, 0.6) is 0 Å². The van der Waals surface area contributed by atoms with Gasteiger partial charge in [-0.3, -0.25) is 9.59 Å². The van der Waals surface area contributed by atoms with Crippen molar-refractivity contribution in [1.29, 1.82) is 0 Å². The minimum absolute atomic E-state index is 0.101. The summed E-state index contributed by atoms with van der Waals surface area (Å²) in [6, 6.07) is 3.75. The first-order valence-corrected chi connectivity index (χ1v) is 11.3. The molecular formula is C24H25F3N6O2. The lowest BCUT2D eigenvalue weighted by atomic mass is 9.99. The van der Waals surface area contributed by atoms with Gasteiger partial charge < -0.3 is 10.6 Å². The monoisotopic (exact) mass is 486 g/mol. The van der Waals surface area contributed by atoms with E-state index in [-0.39, 0.29) is 40.5 Å². The third-order valence-corrected chi connectivity index (χ3v) is 5.97. The van der Waals surface area contributed by atoms with Crippen molar-refractivity contribution in [2.45, 2.75) is 44.8 Å². The van der Waals surface area contributed by atoms with Gasteiger partial charge in [0.1, 0.15) is 0 Å². The summed E-state index contributed by atoms with van der Waals surface area (Å²) in [6.07, 6.45) is 2.39. The number of aromatic nitrogens is 2. The summed E-state index contributed by atoms with van der Waals surface area (Å²) in [5.41, 5.74) is 4.16. The maximum absolute atomic E-state index is 13.6. The van der Waals surface area contributed by atoms with Gasteiger partial charge in [-0.25, -0.2) is 15.0 Å². The fraction of sp³-hybridized carbons (Fsp3) is 0.417. The average Bonchev–Trinajstić information content (AvgIpc) is 3.75. The second-order valence-electron chi connectivity index (χ2n) is 8.81. The Labute approximate surface area is 200 Å². The smallest absolute Gasteiger partial charge is 0.390 e. The van der Waals surface area contributed by atoms with Crippen molar-refractivity contribution in [3.63, 3.8) is 0 Å². The van der Waals surface area contributed by atoms with E-state index in [1.54, 1.807) is 13.0 Å². The molecule has 2 N–H and O–H groups in total. The van der Waals surface area contributed by atoms with Crippen LogP contribution in [0.4, 0.5) is 19.1 Å². The van der Waals surface area contributed by atoms with Gasteiger partial charge in [-0.1, -0.05) is 0 Å². The summed E-state index contributed by atoms with van der Waals surface area (Å²) < 4.78 is 40.9. The fourth-order valence-corrected chi connectivity index (χ4v) is 3.70. The average molecular weight is 486 g/mol. The molecule has 0 radical (unpaired) electrons. The fourth-order valence-electron chi connectivity index (χ4n) is 3.70. The minimum Gasteiger partial charge on any atom is -0.390 e. The molecule has 1 amide bonds. The van der Waals surface area contributed by atoms with E-state index >= 15 is 0 Å². The number of aliphatic imine (C=N–C) groups is 2. The van der Waals surface area contributed by atoms with Crippen LogP contribution in [0, 0.1) is 11.8 Å². The zero-order chi connectivity index (χ0) is 25.2. The molecule has 2 aromatic rings. The summed E-state index contributed by atoms with van der Waals surface area (Å²) in [5.74, 6) is -0.844. The third-order valence-electron chi connectivity index (χ3n) is 5.97. The lowest BCUT2D eigenvalue weighted by Gasteiger charge is -2.29. The Morgan fingerprint density at radius 1 is 1.14 bits per heavy atom. The molecule has 0 spiro atoms. The van der Waals surface area contributed by atoms with Crippen LogP contribution in [0.2, 0.25) is 0 Å². The van der Waals surface area contributed by atoms with Crippen LogP contribution in [0.3, 0.4) is 0 Å². The highest BCUT2D eigenvalue weighted by Crippen LogP contribution is 2.36. The van der Waals surface area contributed by atoms with E-state index in [0.29, 0.717) is 19.4 Å². The Morgan fingerprint density at radius 3 is 2.37 bits per heavy atom. The second-order valence-corrected chi connectivity index (χ2v) is 8.81. The number of carbonyl (C=O) groups excluding carboxylic acids is 2. The largest absolute Gasteiger partial charge is 0.416 e. The van der Waals surface area contributed by atoms with Crippen LogP contribution in [-0.2, 0) is 6.18 Å². The van der Waals surface area contributed by atoms with Crippen LogP contribution in [0.1, 0.15) is 58.9 Å². The molecule has 11 heteroatoms. The molecule has 35 heavy (non-hydrogen) atoms. The first-order valence-electron chi connectivity index (χ1n) is 11.3. The van der Waals surface area contributed by atoms with Gasteiger partial charge >= 0.3 is 6.18 Å².